The van der Waals surface area contributed by atoms with E-state index in [0.717, 1.165) is 0 Å². The zero-order valence-electron chi connectivity index (χ0n) is 8.88. The van der Waals surface area contributed by atoms with E-state index >= 15 is 0 Å². The first kappa shape index (κ1) is 13.3. The number of rotatable bonds is 4. The van der Waals surface area contributed by atoms with Crippen molar-refractivity contribution in [2.75, 3.05) is 14.2 Å². The zero-order valence-corrected chi connectivity index (χ0v) is 10.5. The Kier molecular flexibility index (Phi) is 4.56. The van der Waals surface area contributed by atoms with Crippen molar-refractivity contribution in [3.8, 4) is 0 Å². The maximum absolute atomic E-state index is 11.7. The number of hydrogen-bond donors (Lipinski definition) is 1. The third-order valence-electron chi connectivity index (χ3n) is 1.91. The van der Waals surface area contributed by atoms with Crippen LogP contribution in [-0.2, 0) is 13.6 Å². The molecule has 4 nitrogen and oxygen atoms in total. The fourth-order valence-electron chi connectivity index (χ4n) is 1.09. The Hall–Kier alpha value is -0.800. The van der Waals surface area contributed by atoms with Gasteiger partial charge >= 0.3 is 7.60 Å². The van der Waals surface area contributed by atoms with Gasteiger partial charge in [-0.3, -0.25) is 4.57 Å². The molecule has 0 aliphatic heterocycles. The fourth-order valence-corrected chi connectivity index (χ4v) is 2.12. The molecule has 1 aromatic rings. The molecule has 0 saturated carbocycles. The van der Waals surface area contributed by atoms with Crippen molar-refractivity contribution in [2.45, 2.75) is 0 Å². The van der Waals surface area contributed by atoms with E-state index in [1.165, 1.54) is 20.3 Å². The molecule has 6 heteroatoms. The van der Waals surface area contributed by atoms with Crippen LogP contribution in [0.4, 0.5) is 0 Å². The minimum atomic E-state index is -3.58. The normalized spacial score (nSPS) is 12.8. The van der Waals surface area contributed by atoms with Gasteiger partial charge in [0.15, 0.2) is 0 Å². The second kappa shape index (κ2) is 5.51. The standard InChI is InChI=1S/C10H12ClO4P/c1-14-16(13,15-2)10(12)7-8-4-3-5-9(11)6-8/h3-7,12H,1-2H3/b10-7+. The van der Waals surface area contributed by atoms with E-state index in [9.17, 15) is 9.67 Å². The lowest BCUT2D eigenvalue weighted by molar-refractivity contribution is 0.262. The summed E-state index contributed by atoms with van der Waals surface area (Å²) in [5.74, 6) is 0. The lowest BCUT2D eigenvalue weighted by Gasteiger charge is -2.12. The van der Waals surface area contributed by atoms with Gasteiger partial charge in [-0.15, -0.1) is 0 Å². The van der Waals surface area contributed by atoms with E-state index in [1.807, 2.05) is 0 Å². The molecule has 0 unspecified atom stereocenters. The third kappa shape index (κ3) is 3.09. The summed E-state index contributed by atoms with van der Waals surface area (Å²) in [6, 6.07) is 6.74. The van der Waals surface area contributed by atoms with Crippen LogP contribution in [0, 0.1) is 0 Å². The van der Waals surface area contributed by atoms with Crippen molar-refractivity contribution in [1.29, 1.82) is 0 Å². The van der Waals surface area contributed by atoms with Gasteiger partial charge in [0.05, 0.1) is 0 Å². The summed E-state index contributed by atoms with van der Waals surface area (Å²) in [5, 5.41) is 10.1. The molecule has 0 heterocycles. The highest BCUT2D eigenvalue weighted by Crippen LogP contribution is 2.53. The molecule has 16 heavy (non-hydrogen) atoms. The fraction of sp³-hybridized carbons (Fsp3) is 0.200. The van der Waals surface area contributed by atoms with E-state index in [1.54, 1.807) is 24.3 Å². The monoisotopic (exact) mass is 262 g/mol. The Labute approximate surface area is 99.0 Å². The molecule has 0 amide bonds. The minimum absolute atomic E-state index is 0.459. The van der Waals surface area contributed by atoms with Crippen molar-refractivity contribution in [1.82, 2.24) is 0 Å². The van der Waals surface area contributed by atoms with Gasteiger partial charge in [-0.1, -0.05) is 23.7 Å². The van der Waals surface area contributed by atoms with Gasteiger partial charge in [0.1, 0.15) is 0 Å². The molecular formula is C10H12ClO4P. The average Bonchev–Trinajstić information content (AvgIpc) is 2.28. The van der Waals surface area contributed by atoms with Crippen LogP contribution < -0.4 is 0 Å². The Morgan fingerprint density at radius 2 is 2.06 bits per heavy atom. The number of aliphatic hydroxyl groups excluding tert-OH is 1. The van der Waals surface area contributed by atoms with Crippen LogP contribution in [0.15, 0.2) is 29.8 Å². The lowest BCUT2D eigenvalue weighted by atomic mass is 10.2. The summed E-state index contributed by atoms with van der Waals surface area (Å²) >= 11 is 5.77. The average molecular weight is 263 g/mol. The quantitative estimate of drug-likeness (QED) is 0.664. The SMILES string of the molecule is COP(=O)(OC)/C(O)=C/c1cccc(Cl)c1. The second-order valence-electron chi connectivity index (χ2n) is 2.92. The maximum Gasteiger partial charge on any atom is 0.394 e. The van der Waals surface area contributed by atoms with E-state index in [0.29, 0.717) is 10.6 Å². The summed E-state index contributed by atoms with van der Waals surface area (Å²) in [4.78, 5) is 0. The maximum atomic E-state index is 11.7. The van der Waals surface area contributed by atoms with Gasteiger partial charge in [0.2, 0.25) is 5.50 Å². The number of aliphatic hydroxyl groups is 1. The largest absolute Gasteiger partial charge is 0.501 e. The van der Waals surface area contributed by atoms with Crippen LogP contribution in [0.1, 0.15) is 5.56 Å². The molecule has 0 aliphatic rings. The predicted octanol–water partition coefficient (Wildman–Crippen LogP) is 3.68. The molecule has 1 aromatic carbocycles. The topological polar surface area (TPSA) is 55.8 Å². The first-order valence-corrected chi connectivity index (χ1v) is 6.32. The van der Waals surface area contributed by atoms with Crippen LogP contribution >= 0.6 is 19.2 Å². The molecule has 0 aromatic heterocycles. The smallest absolute Gasteiger partial charge is 0.394 e. The Bertz CT molecular complexity index is 436. The molecule has 0 aliphatic carbocycles. The van der Waals surface area contributed by atoms with Crippen LogP contribution in [-0.4, -0.2) is 19.3 Å². The van der Waals surface area contributed by atoms with Gasteiger partial charge in [-0.2, -0.15) is 0 Å². The van der Waals surface area contributed by atoms with E-state index in [4.69, 9.17) is 11.6 Å². The molecule has 1 rings (SSSR count). The van der Waals surface area contributed by atoms with Gasteiger partial charge in [0, 0.05) is 19.2 Å². The van der Waals surface area contributed by atoms with Crippen molar-refractivity contribution in [3.05, 3.63) is 40.4 Å². The summed E-state index contributed by atoms with van der Waals surface area (Å²) < 4.78 is 21.0. The van der Waals surface area contributed by atoms with Gasteiger partial charge in [0.25, 0.3) is 0 Å². The molecule has 0 atom stereocenters. The van der Waals surface area contributed by atoms with Crippen LogP contribution in [0.2, 0.25) is 5.02 Å². The molecular weight excluding hydrogens is 251 g/mol. The Morgan fingerprint density at radius 1 is 1.44 bits per heavy atom. The summed E-state index contributed by atoms with van der Waals surface area (Å²) in [6.07, 6.45) is 1.29. The molecule has 88 valence electrons. The number of benzene rings is 1. The molecule has 0 saturated heterocycles. The highest BCUT2D eigenvalue weighted by atomic mass is 35.5. The Morgan fingerprint density at radius 3 is 2.56 bits per heavy atom. The molecule has 0 spiro atoms. The molecule has 1 N–H and O–H groups in total. The summed E-state index contributed by atoms with van der Waals surface area (Å²) in [7, 11) is -1.18. The van der Waals surface area contributed by atoms with Crippen molar-refractivity contribution in [2.24, 2.45) is 0 Å². The first-order valence-electron chi connectivity index (χ1n) is 4.40. The third-order valence-corrected chi connectivity index (χ3v) is 3.79. The molecule has 0 radical (unpaired) electrons. The van der Waals surface area contributed by atoms with E-state index in [-0.39, 0.29) is 0 Å². The van der Waals surface area contributed by atoms with E-state index in [2.05, 4.69) is 9.05 Å². The van der Waals surface area contributed by atoms with Crippen LogP contribution in [0.25, 0.3) is 6.08 Å². The van der Waals surface area contributed by atoms with Crippen LogP contribution in [0.3, 0.4) is 0 Å². The highest BCUT2D eigenvalue weighted by Gasteiger charge is 2.27. The second-order valence-corrected chi connectivity index (χ2v) is 5.54. The van der Waals surface area contributed by atoms with Crippen molar-refractivity contribution < 1.29 is 18.7 Å². The van der Waals surface area contributed by atoms with E-state index < -0.39 is 13.1 Å². The van der Waals surface area contributed by atoms with Gasteiger partial charge < -0.3 is 14.2 Å². The predicted molar refractivity (Wildman–Crippen MR) is 63.7 cm³/mol. The Balaban J connectivity index is 3.05. The zero-order chi connectivity index (χ0) is 12.2. The van der Waals surface area contributed by atoms with Crippen LogP contribution in [0.5, 0.6) is 0 Å². The lowest BCUT2D eigenvalue weighted by Crippen LogP contribution is -1.92. The van der Waals surface area contributed by atoms with Crippen molar-refractivity contribution >= 4 is 25.3 Å². The summed E-state index contributed by atoms with van der Waals surface area (Å²) in [6.45, 7) is 0. The molecule has 0 fully saturated rings. The first-order chi connectivity index (χ1) is 7.51. The highest BCUT2D eigenvalue weighted by molar-refractivity contribution is 7.58. The number of hydrogen-bond acceptors (Lipinski definition) is 4. The van der Waals surface area contributed by atoms with Gasteiger partial charge in [-0.05, 0) is 23.8 Å². The molecule has 0 bridgehead atoms. The summed E-state index contributed by atoms with van der Waals surface area (Å²) in [5.41, 5.74) is 0.152. The van der Waals surface area contributed by atoms with Gasteiger partial charge in [-0.25, -0.2) is 0 Å². The van der Waals surface area contributed by atoms with Crippen molar-refractivity contribution in [3.63, 3.8) is 0 Å². The number of halogens is 1. The minimum Gasteiger partial charge on any atom is -0.501 e.